The molecule has 4 unspecified atom stereocenters. The normalized spacial score (nSPS) is 26.7. The van der Waals surface area contributed by atoms with Gasteiger partial charge in [0.2, 0.25) is 5.91 Å². The number of benzene rings is 2. The van der Waals surface area contributed by atoms with Crippen molar-refractivity contribution in [2.45, 2.75) is 23.5 Å². The van der Waals surface area contributed by atoms with E-state index in [9.17, 15) is 18.4 Å². The molecule has 0 bridgehead atoms. The molecule has 4 rings (SSSR count). The van der Waals surface area contributed by atoms with Crippen LogP contribution >= 0.6 is 11.8 Å². The number of carbonyl (C=O) groups excluding carboxylic acids is 2. The molecule has 30 heavy (non-hydrogen) atoms. The van der Waals surface area contributed by atoms with Gasteiger partial charge < -0.3 is 4.90 Å². The maximum Gasteiger partial charge on any atom is 0.327 e. The lowest BCUT2D eigenvalue weighted by atomic mass is 9.96. The Morgan fingerprint density at radius 2 is 1.63 bits per heavy atom. The Morgan fingerprint density at radius 3 is 2.33 bits per heavy atom. The molecule has 0 aromatic heterocycles. The molecule has 2 aromatic rings. The number of rotatable bonds is 4. The van der Waals surface area contributed by atoms with Gasteiger partial charge in [0.15, 0.2) is 0 Å². The van der Waals surface area contributed by atoms with E-state index >= 15 is 0 Å². The van der Waals surface area contributed by atoms with E-state index in [1.807, 2.05) is 0 Å². The molecular formula is C21H22F2N4O2S. The zero-order chi connectivity index (χ0) is 21.4. The second-order valence-electron chi connectivity index (χ2n) is 7.37. The lowest BCUT2D eigenvalue weighted by molar-refractivity contribution is -0.140. The van der Waals surface area contributed by atoms with Gasteiger partial charge >= 0.3 is 6.03 Å². The van der Waals surface area contributed by atoms with Crippen LogP contribution < -0.4 is 10.6 Å². The number of carbonyl (C=O) groups is 2. The molecule has 158 valence electrons. The van der Waals surface area contributed by atoms with Gasteiger partial charge in [-0.15, -0.1) is 11.8 Å². The first-order chi connectivity index (χ1) is 14.4. The molecule has 2 N–H and O–H groups in total. The number of thioether (sulfide) groups is 1. The predicted molar refractivity (Wildman–Crippen MR) is 110 cm³/mol. The molecule has 2 aliphatic heterocycles. The van der Waals surface area contributed by atoms with Crippen LogP contribution in [0, 0.1) is 17.6 Å². The Kier molecular flexibility index (Phi) is 5.77. The monoisotopic (exact) mass is 432 g/mol. The number of hydrogen-bond donors (Lipinski definition) is 2. The smallest absolute Gasteiger partial charge is 0.311 e. The second-order valence-corrected chi connectivity index (χ2v) is 8.50. The maximum atomic E-state index is 14.4. The molecular weight excluding hydrogens is 410 g/mol. The van der Waals surface area contributed by atoms with Gasteiger partial charge in [0.1, 0.15) is 11.6 Å². The molecule has 6 nitrogen and oxygen atoms in total. The van der Waals surface area contributed by atoms with Crippen LogP contribution in [0.1, 0.15) is 17.3 Å². The number of amides is 3. The molecule has 4 atom stereocenters. The minimum absolute atomic E-state index is 0.319. The molecule has 2 aliphatic rings. The van der Waals surface area contributed by atoms with Crippen LogP contribution in [-0.4, -0.2) is 47.4 Å². The van der Waals surface area contributed by atoms with Gasteiger partial charge in [-0.05, 0) is 17.7 Å². The number of halogens is 2. The van der Waals surface area contributed by atoms with Crippen molar-refractivity contribution in [3.8, 4) is 0 Å². The Labute approximate surface area is 177 Å². The van der Waals surface area contributed by atoms with Crippen LogP contribution in [0.3, 0.4) is 0 Å². The van der Waals surface area contributed by atoms with Gasteiger partial charge in [-0.1, -0.05) is 36.4 Å². The molecule has 2 fully saturated rings. The van der Waals surface area contributed by atoms with Gasteiger partial charge in [-0.25, -0.2) is 13.6 Å². The van der Waals surface area contributed by atoms with E-state index < -0.39 is 35.5 Å². The largest absolute Gasteiger partial charge is 0.327 e. The highest BCUT2D eigenvalue weighted by Gasteiger charge is 2.51. The van der Waals surface area contributed by atoms with Gasteiger partial charge in [0.25, 0.3) is 0 Å². The summed E-state index contributed by atoms with van der Waals surface area (Å²) in [6, 6.07) is 12.4. The van der Waals surface area contributed by atoms with E-state index in [2.05, 4.69) is 10.6 Å². The summed E-state index contributed by atoms with van der Waals surface area (Å²) >= 11 is 1.36. The highest BCUT2D eigenvalue weighted by molar-refractivity contribution is 7.99. The molecule has 0 spiro atoms. The van der Waals surface area contributed by atoms with Crippen LogP contribution in [-0.2, 0) is 10.5 Å². The molecule has 0 saturated carbocycles. The summed E-state index contributed by atoms with van der Waals surface area (Å²) in [6.45, 7) is 0. The van der Waals surface area contributed by atoms with Gasteiger partial charge in [-0.3, -0.25) is 20.3 Å². The van der Waals surface area contributed by atoms with Crippen molar-refractivity contribution in [1.29, 1.82) is 0 Å². The van der Waals surface area contributed by atoms with Crippen molar-refractivity contribution in [2.75, 3.05) is 14.1 Å². The zero-order valence-corrected chi connectivity index (χ0v) is 17.3. The maximum absolute atomic E-state index is 14.4. The van der Waals surface area contributed by atoms with Crippen molar-refractivity contribution < 1.29 is 18.4 Å². The SMILES string of the molecule is CN1C(=O)C2C(SCc3ccccc3F)NC(c3ccccc3F)NC2N(C)C1=O. The lowest BCUT2D eigenvalue weighted by Gasteiger charge is -2.50. The zero-order valence-electron chi connectivity index (χ0n) is 16.5. The second kappa shape index (κ2) is 8.33. The van der Waals surface area contributed by atoms with E-state index in [1.165, 1.54) is 35.8 Å². The summed E-state index contributed by atoms with van der Waals surface area (Å²) in [5.41, 5.74) is 0.905. The minimum atomic E-state index is -0.620. The highest BCUT2D eigenvalue weighted by Crippen LogP contribution is 2.36. The van der Waals surface area contributed by atoms with Crippen LogP contribution in [0.5, 0.6) is 0 Å². The van der Waals surface area contributed by atoms with E-state index in [4.69, 9.17) is 0 Å². The fraction of sp³-hybridized carbons (Fsp3) is 0.333. The first-order valence-electron chi connectivity index (χ1n) is 9.54. The van der Waals surface area contributed by atoms with Crippen molar-refractivity contribution in [3.63, 3.8) is 0 Å². The van der Waals surface area contributed by atoms with E-state index in [0.717, 1.165) is 4.90 Å². The Balaban J connectivity index is 1.65. The number of imide groups is 1. The van der Waals surface area contributed by atoms with Crippen molar-refractivity contribution in [2.24, 2.45) is 5.92 Å². The minimum Gasteiger partial charge on any atom is -0.311 e. The number of hydrogen-bond acceptors (Lipinski definition) is 5. The van der Waals surface area contributed by atoms with Gasteiger partial charge in [0, 0.05) is 25.4 Å². The molecule has 2 saturated heterocycles. The molecule has 0 radical (unpaired) electrons. The average Bonchev–Trinajstić information content (AvgIpc) is 2.75. The Morgan fingerprint density at radius 1 is 0.967 bits per heavy atom. The summed E-state index contributed by atoms with van der Waals surface area (Å²) in [6.07, 6.45) is -1.23. The summed E-state index contributed by atoms with van der Waals surface area (Å²) in [5, 5.41) is 6.03. The fourth-order valence-electron chi connectivity index (χ4n) is 3.88. The van der Waals surface area contributed by atoms with Gasteiger partial charge in [-0.2, -0.15) is 0 Å². The first kappa shape index (κ1) is 20.8. The summed E-state index contributed by atoms with van der Waals surface area (Å²) in [7, 11) is 3.05. The highest BCUT2D eigenvalue weighted by atomic mass is 32.2. The Hall–Kier alpha value is -2.49. The molecule has 3 amide bonds. The van der Waals surface area contributed by atoms with Crippen LogP contribution in [0.15, 0.2) is 48.5 Å². The number of nitrogens with zero attached hydrogens (tertiary/aromatic N) is 2. The topological polar surface area (TPSA) is 64.7 Å². The number of nitrogens with one attached hydrogen (secondary N) is 2. The number of urea groups is 1. The van der Waals surface area contributed by atoms with Crippen molar-refractivity contribution in [3.05, 3.63) is 71.3 Å². The first-order valence-corrected chi connectivity index (χ1v) is 10.6. The lowest BCUT2D eigenvalue weighted by Crippen LogP contribution is -2.72. The van der Waals surface area contributed by atoms with E-state index in [0.29, 0.717) is 16.9 Å². The predicted octanol–water partition coefficient (Wildman–Crippen LogP) is 2.88. The molecule has 2 heterocycles. The molecule has 9 heteroatoms. The van der Waals surface area contributed by atoms with Crippen molar-refractivity contribution >= 4 is 23.7 Å². The van der Waals surface area contributed by atoms with Gasteiger partial charge in [0.05, 0.1) is 23.6 Å². The quantitative estimate of drug-likeness (QED) is 0.778. The van der Waals surface area contributed by atoms with Crippen LogP contribution in [0.2, 0.25) is 0 Å². The van der Waals surface area contributed by atoms with Crippen LogP contribution in [0.25, 0.3) is 0 Å². The van der Waals surface area contributed by atoms with Crippen molar-refractivity contribution in [1.82, 2.24) is 20.4 Å². The summed E-state index contributed by atoms with van der Waals surface area (Å²) in [4.78, 5) is 28.0. The third kappa shape index (κ3) is 3.68. The third-order valence-electron chi connectivity index (χ3n) is 5.55. The summed E-state index contributed by atoms with van der Waals surface area (Å²) < 4.78 is 28.5. The Bertz CT molecular complexity index is 976. The van der Waals surface area contributed by atoms with Crippen LogP contribution in [0.4, 0.5) is 13.6 Å². The number of fused-ring (bicyclic) bond motifs is 1. The third-order valence-corrected chi connectivity index (χ3v) is 6.81. The van der Waals surface area contributed by atoms with E-state index in [1.54, 1.807) is 43.4 Å². The molecule has 2 aromatic carbocycles. The standard InChI is InChI=1S/C21H22F2N4O2S/c1-26-18-16(20(28)27(2)21(26)29)19(30-11-12-7-3-5-9-14(12)22)25-17(24-18)13-8-4-6-10-15(13)23/h3-10,16-19,24-25H,11H2,1-2H3. The average molecular weight is 432 g/mol. The summed E-state index contributed by atoms with van der Waals surface area (Å²) in [5.74, 6) is -1.34. The fourth-order valence-corrected chi connectivity index (χ4v) is 5.18. The van der Waals surface area contributed by atoms with E-state index in [-0.39, 0.29) is 11.7 Å². The molecule has 0 aliphatic carbocycles.